The van der Waals surface area contributed by atoms with Gasteiger partial charge in [-0.2, -0.15) is 0 Å². The van der Waals surface area contributed by atoms with Gasteiger partial charge in [0, 0.05) is 25.7 Å². The summed E-state index contributed by atoms with van der Waals surface area (Å²) in [6.07, 6.45) is 0. The van der Waals surface area contributed by atoms with Crippen LogP contribution in [0.15, 0.2) is 0 Å². The first-order valence-corrected chi connectivity index (χ1v) is 5.54. The lowest BCUT2D eigenvalue weighted by molar-refractivity contribution is -0.156. The summed E-state index contributed by atoms with van der Waals surface area (Å²) in [5.74, 6) is -0.128. The van der Waals surface area contributed by atoms with E-state index in [0.29, 0.717) is 12.6 Å². The first-order valence-electron chi connectivity index (χ1n) is 5.54. The third-order valence-corrected chi connectivity index (χ3v) is 2.23. The Morgan fingerprint density at radius 2 is 2.20 bits per heavy atom. The molecule has 0 bridgehead atoms. The van der Waals surface area contributed by atoms with E-state index in [-0.39, 0.29) is 11.6 Å². The highest BCUT2D eigenvalue weighted by molar-refractivity contribution is 5.72. The highest BCUT2D eigenvalue weighted by atomic mass is 16.6. The third kappa shape index (κ3) is 5.14. The molecule has 1 rings (SSSR count). The van der Waals surface area contributed by atoms with Gasteiger partial charge in [-0.1, -0.05) is 0 Å². The summed E-state index contributed by atoms with van der Waals surface area (Å²) in [7, 11) is 0. The Morgan fingerprint density at radius 1 is 1.53 bits per heavy atom. The van der Waals surface area contributed by atoms with Gasteiger partial charge in [-0.15, -0.1) is 0 Å². The van der Waals surface area contributed by atoms with Crippen LogP contribution in [-0.2, 0) is 9.53 Å². The predicted octanol–water partition coefficient (Wildman–Crippen LogP) is 0.622. The first kappa shape index (κ1) is 12.5. The molecule has 0 unspecified atom stereocenters. The maximum atomic E-state index is 11.5. The van der Waals surface area contributed by atoms with Crippen molar-refractivity contribution in [1.82, 2.24) is 10.2 Å². The lowest BCUT2D eigenvalue weighted by Gasteiger charge is -2.31. The average molecular weight is 214 g/mol. The zero-order chi connectivity index (χ0) is 11.5. The van der Waals surface area contributed by atoms with E-state index in [9.17, 15) is 4.79 Å². The van der Waals surface area contributed by atoms with Crippen molar-refractivity contribution in [1.29, 1.82) is 0 Å². The molecule has 15 heavy (non-hydrogen) atoms. The molecule has 1 N–H and O–H groups in total. The van der Waals surface area contributed by atoms with Crippen LogP contribution in [0, 0.1) is 0 Å². The average Bonchev–Trinajstić information content (AvgIpc) is 1.99. The number of esters is 1. The summed E-state index contributed by atoms with van der Waals surface area (Å²) < 4.78 is 5.27. The van der Waals surface area contributed by atoms with Gasteiger partial charge in [-0.05, 0) is 27.7 Å². The molecular formula is C11H22N2O2. The van der Waals surface area contributed by atoms with Gasteiger partial charge in [-0.25, -0.2) is 0 Å². The van der Waals surface area contributed by atoms with Crippen LogP contribution >= 0.6 is 0 Å². The van der Waals surface area contributed by atoms with Gasteiger partial charge >= 0.3 is 5.97 Å². The molecule has 0 radical (unpaired) electrons. The lowest BCUT2D eigenvalue weighted by Crippen LogP contribution is -2.51. The second-order valence-corrected chi connectivity index (χ2v) is 5.18. The second kappa shape index (κ2) is 4.94. The van der Waals surface area contributed by atoms with Crippen molar-refractivity contribution in [3.05, 3.63) is 0 Å². The van der Waals surface area contributed by atoms with Gasteiger partial charge in [0.05, 0.1) is 6.54 Å². The molecule has 1 saturated heterocycles. The van der Waals surface area contributed by atoms with E-state index in [0.717, 1.165) is 19.6 Å². The van der Waals surface area contributed by atoms with Crippen molar-refractivity contribution in [2.45, 2.75) is 39.3 Å². The zero-order valence-corrected chi connectivity index (χ0v) is 10.2. The van der Waals surface area contributed by atoms with Gasteiger partial charge in [0.1, 0.15) is 5.60 Å². The van der Waals surface area contributed by atoms with E-state index < -0.39 is 0 Å². The number of hydrogen-bond donors (Lipinski definition) is 1. The molecule has 4 heteroatoms. The highest BCUT2D eigenvalue weighted by Gasteiger charge is 2.21. The smallest absolute Gasteiger partial charge is 0.320 e. The quantitative estimate of drug-likeness (QED) is 0.684. The summed E-state index contributed by atoms with van der Waals surface area (Å²) >= 11 is 0. The number of nitrogens with zero attached hydrogens (tertiary/aromatic N) is 1. The first-order chi connectivity index (χ1) is 6.87. The molecule has 88 valence electrons. The van der Waals surface area contributed by atoms with Crippen LogP contribution < -0.4 is 5.32 Å². The minimum absolute atomic E-state index is 0.128. The molecule has 1 aliphatic rings. The number of ether oxygens (including phenoxy) is 1. The maximum Gasteiger partial charge on any atom is 0.320 e. The second-order valence-electron chi connectivity index (χ2n) is 5.18. The lowest BCUT2D eigenvalue weighted by atomic mass is 10.2. The van der Waals surface area contributed by atoms with Crippen LogP contribution in [0.3, 0.4) is 0 Å². The van der Waals surface area contributed by atoms with Crippen LogP contribution in [0.5, 0.6) is 0 Å². The fourth-order valence-corrected chi connectivity index (χ4v) is 1.71. The largest absolute Gasteiger partial charge is 0.459 e. The molecule has 1 aliphatic heterocycles. The van der Waals surface area contributed by atoms with Crippen molar-refractivity contribution in [2.75, 3.05) is 26.2 Å². The predicted molar refractivity (Wildman–Crippen MR) is 59.7 cm³/mol. The third-order valence-electron chi connectivity index (χ3n) is 2.23. The van der Waals surface area contributed by atoms with Gasteiger partial charge in [0.15, 0.2) is 0 Å². The minimum Gasteiger partial charge on any atom is -0.459 e. The highest BCUT2D eigenvalue weighted by Crippen LogP contribution is 2.08. The summed E-state index contributed by atoms with van der Waals surface area (Å²) in [4.78, 5) is 13.7. The van der Waals surface area contributed by atoms with Gasteiger partial charge in [0.2, 0.25) is 0 Å². The zero-order valence-electron chi connectivity index (χ0n) is 10.2. The summed E-state index contributed by atoms with van der Waals surface area (Å²) in [5.41, 5.74) is -0.378. The Balaban J connectivity index is 2.31. The number of hydrogen-bond acceptors (Lipinski definition) is 4. The van der Waals surface area contributed by atoms with Crippen molar-refractivity contribution in [2.24, 2.45) is 0 Å². The number of piperazine rings is 1. The van der Waals surface area contributed by atoms with E-state index in [1.165, 1.54) is 0 Å². The van der Waals surface area contributed by atoms with Gasteiger partial charge in [-0.3, -0.25) is 9.69 Å². The Morgan fingerprint density at radius 3 is 2.73 bits per heavy atom. The van der Waals surface area contributed by atoms with Gasteiger partial charge in [0.25, 0.3) is 0 Å². The maximum absolute atomic E-state index is 11.5. The van der Waals surface area contributed by atoms with E-state index in [1.807, 2.05) is 20.8 Å². The van der Waals surface area contributed by atoms with Crippen molar-refractivity contribution < 1.29 is 9.53 Å². The Labute approximate surface area is 92.0 Å². The number of carbonyl (C=O) groups is 1. The molecule has 0 saturated carbocycles. The summed E-state index contributed by atoms with van der Waals surface area (Å²) in [5, 5.41) is 3.34. The molecule has 1 atom stereocenters. The molecule has 0 spiro atoms. The van der Waals surface area contributed by atoms with Crippen molar-refractivity contribution in [3.63, 3.8) is 0 Å². The fraction of sp³-hybridized carbons (Fsp3) is 0.909. The normalized spacial score (nSPS) is 23.9. The number of nitrogens with one attached hydrogen (secondary N) is 1. The van der Waals surface area contributed by atoms with Crippen LogP contribution in [0.1, 0.15) is 27.7 Å². The molecule has 0 aromatic heterocycles. The van der Waals surface area contributed by atoms with Crippen LogP contribution in [0.2, 0.25) is 0 Å². The van der Waals surface area contributed by atoms with E-state index in [1.54, 1.807) is 0 Å². The molecule has 1 heterocycles. The molecule has 1 fully saturated rings. The monoisotopic (exact) mass is 214 g/mol. The number of carbonyl (C=O) groups excluding carboxylic acids is 1. The van der Waals surface area contributed by atoms with E-state index >= 15 is 0 Å². The molecular weight excluding hydrogens is 192 g/mol. The minimum atomic E-state index is -0.378. The summed E-state index contributed by atoms with van der Waals surface area (Å²) in [6, 6.07) is 0.459. The van der Waals surface area contributed by atoms with Crippen molar-refractivity contribution in [3.8, 4) is 0 Å². The molecule has 0 aromatic rings. The van der Waals surface area contributed by atoms with Gasteiger partial charge < -0.3 is 10.1 Å². The topological polar surface area (TPSA) is 41.6 Å². The standard InChI is InChI=1S/C11H22N2O2/c1-9-7-13(6-5-12-9)8-10(14)15-11(2,3)4/h9,12H,5-8H2,1-4H3/t9-/m0/s1. The van der Waals surface area contributed by atoms with E-state index in [4.69, 9.17) is 4.74 Å². The SMILES string of the molecule is C[C@H]1CN(CC(=O)OC(C)(C)C)CCN1. The molecule has 4 nitrogen and oxygen atoms in total. The van der Waals surface area contributed by atoms with Crippen LogP contribution in [0.4, 0.5) is 0 Å². The Bertz CT molecular complexity index is 223. The Kier molecular flexibility index (Phi) is 4.11. The fourth-order valence-electron chi connectivity index (χ4n) is 1.71. The van der Waals surface area contributed by atoms with Crippen molar-refractivity contribution >= 4 is 5.97 Å². The molecule has 0 aliphatic carbocycles. The molecule has 0 aromatic carbocycles. The van der Waals surface area contributed by atoms with E-state index in [2.05, 4.69) is 17.1 Å². The van der Waals surface area contributed by atoms with Crippen LogP contribution in [-0.4, -0.2) is 48.7 Å². The molecule has 0 amide bonds. The Hall–Kier alpha value is -0.610. The summed E-state index contributed by atoms with van der Waals surface area (Å²) in [6.45, 7) is 11.0. The van der Waals surface area contributed by atoms with Crippen LogP contribution in [0.25, 0.3) is 0 Å². The number of rotatable bonds is 2.